The van der Waals surface area contributed by atoms with Crippen molar-refractivity contribution in [1.29, 1.82) is 5.26 Å². The molecule has 24 heavy (non-hydrogen) atoms. The highest BCUT2D eigenvalue weighted by molar-refractivity contribution is 7.95. The zero-order valence-corrected chi connectivity index (χ0v) is 14.6. The number of hydrogen-bond donors (Lipinski definition) is 0. The molecule has 0 saturated heterocycles. The van der Waals surface area contributed by atoms with Gasteiger partial charge in [-0.15, -0.1) is 0 Å². The van der Waals surface area contributed by atoms with Gasteiger partial charge in [0.15, 0.2) is 0 Å². The number of benzene rings is 2. The molecule has 0 fully saturated rings. The van der Waals surface area contributed by atoms with E-state index in [1.165, 1.54) is 9.71 Å². The first kappa shape index (κ1) is 17.8. The third-order valence-electron chi connectivity index (χ3n) is 3.57. The molecule has 0 N–H and O–H groups in total. The molecule has 0 radical (unpaired) electrons. The summed E-state index contributed by atoms with van der Waals surface area (Å²) in [5.74, 6) is 0. The van der Waals surface area contributed by atoms with Gasteiger partial charge in [0.25, 0.3) is 10.0 Å². The molecule has 0 aliphatic heterocycles. The number of aryl methyl sites for hydroxylation is 2. The Balaban J connectivity index is 2.31. The van der Waals surface area contributed by atoms with Crippen molar-refractivity contribution in [2.24, 2.45) is 0 Å². The fourth-order valence-electron chi connectivity index (χ4n) is 2.18. The van der Waals surface area contributed by atoms with Crippen LogP contribution in [-0.4, -0.2) is 15.0 Å². The van der Waals surface area contributed by atoms with Crippen molar-refractivity contribution < 1.29 is 8.42 Å². The maximum Gasteiger partial charge on any atom is 0.257 e. The first-order valence-electron chi connectivity index (χ1n) is 7.63. The van der Waals surface area contributed by atoms with Gasteiger partial charge in [-0.3, -0.25) is 4.31 Å². The molecular weight excluding hydrogens is 320 g/mol. The summed E-state index contributed by atoms with van der Waals surface area (Å²) in [5.41, 5.74) is 3.54. The Hall–Kier alpha value is -2.58. The Labute approximate surface area is 143 Å². The standard InChI is InChI=1S/C19H20N2O2S/c1-16-4-8-18(9-5-16)12-15-24(22,23)21(14-3-13-20)19-10-6-17(2)7-11-19/h4-12,15H,3,14H2,1-2H3/b15-12+. The average Bonchev–Trinajstić information content (AvgIpc) is 2.56. The molecule has 0 bridgehead atoms. The molecule has 2 aromatic rings. The van der Waals surface area contributed by atoms with Gasteiger partial charge in [0, 0.05) is 6.54 Å². The van der Waals surface area contributed by atoms with Crippen LogP contribution in [0.4, 0.5) is 5.69 Å². The van der Waals surface area contributed by atoms with Crippen molar-refractivity contribution in [3.8, 4) is 6.07 Å². The summed E-state index contributed by atoms with van der Waals surface area (Å²) >= 11 is 0. The molecule has 124 valence electrons. The molecule has 0 aliphatic rings. The van der Waals surface area contributed by atoms with Gasteiger partial charge in [0.2, 0.25) is 0 Å². The van der Waals surface area contributed by atoms with Crippen molar-refractivity contribution in [3.63, 3.8) is 0 Å². The van der Waals surface area contributed by atoms with Crippen LogP contribution in [0.5, 0.6) is 0 Å². The molecule has 0 aliphatic carbocycles. The zero-order chi connectivity index (χ0) is 17.6. The van der Waals surface area contributed by atoms with Crippen LogP contribution < -0.4 is 4.31 Å². The molecule has 0 heterocycles. The van der Waals surface area contributed by atoms with Gasteiger partial charge in [-0.25, -0.2) is 8.42 Å². The maximum absolute atomic E-state index is 12.7. The average molecular weight is 340 g/mol. The molecule has 5 heteroatoms. The quantitative estimate of drug-likeness (QED) is 0.798. The van der Waals surface area contributed by atoms with E-state index in [4.69, 9.17) is 5.26 Å². The van der Waals surface area contributed by atoms with Crippen molar-refractivity contribution >= 4 is 21.8 Å². The summed E-state index contributed by atoms with van der Waals surface area (Å²) in [6.45, 7) is 4.04. The first-order chi connectivity index (χ1) is 11.4. The summed E-state index contributed by atoms with van der Waals surface area (Å²) < 4.78 is 26.6. The smallest absolute Gasteiger partial charge is 0.257 e. The number of anilines is 1. The third kappa shape index (κ3) is 4.71. The van der Waals surface area contributed by atoms with Gasteiger partial charge in [0.05, 0.1) is 23.6 Å². The van der Waals surface area contributed by atoms with E-state index in [-0.39, 0.29) is 13.0 Å². The highest BCUT2D eigenvalue weighted by Crippen LogP contribution is 2.21. The topological polar surface area (TPSA) is 61.2 Å². The van der Waals surface area contributed by atoms with E-state index in [0.717, 1.165) is 16.7 Å². The van der Waals surface area contributed by atoms with Gasteiger partial charge < -0.3 is 0 Å². The Morgan fingerprint density at radius 2 is 1.54 bits per heavy atom. The Morgan fingerprint density at radius 1 is 1.00 bits per heavy atom. The number of sulfonamides is 1. The summed E-state index contributed by atoms with van der Waals surface area (Å²) in [4.78, 5) is 0. The second-order valence-corrected chi connectivity index (χ2v) is 7.32. The largest absolute Gasteiger partial charge is 0.266 e. The Morgan fingerprint density at radius 3 is 2.08 bits per heavy atom. The highest BCUT2D eigenvalue weighted by atomic mass is 32.2. The normalized spacial score (nSPS) is 11.4. The summed E-state index contributed by atoms with van der Waals surface area (Å²) in [6, 6.07) is 16.8. The predicted octanol–water partition coefficient (Wildman–Crippen LogP) is 4.02. The van der Waals surface area contributed by atoms with Crippen molar-refractivity contribution in [3.05, 3.63) is 70.6 Å². The lowest BCUT2D eigenvalue weighted by Crippen LogP contribution is -2.30. The van der Waals surface area contributed by atoms with Gasteiger partial charge in [0.1, 0.15) is 0 Å². The van der Waals surface area contributed by atoms with E-state index < -0.39 is 10.0 Å². The predicted molar refractivity (Wildman–Crippen MR) is 97.9 cm³/mol. The summed E-state index contributed by atoms with van der Waals surface area (Å²) in [6.07, 6.45) is 1.70. The molecule has 0 unspecified atom stereocenters. The minimum atomic E-state index is -3.67. The molecule has 4 nitrogen and oxygen atoms in total. The fraction of sp³-hybridized carbons (Fsp3) is 0.211. The number of nitriles is 1. The lowest BCUT2D eigenvalue weighted by atomic mass is 10.2. The van der Waals surface area contributed by atoms with E-state index in [9.17, 15) is 8.42 Å². The first-order valence-corrected chi connectivity index (χ1v) is 9.14. The van der Waals surface area contributed by atoms with Crippen LogP contribution in [0.1, 0.15) is 23.1 Å². The van der Waals surface area contributed by atoms with E-state index in [2.05, 4.69) is 0 Å². The van der Waals surface area contributed by atoms with Gasteiger partial charge >= 0.3 is 0 Å². The van der Waals surface area contributed by atoms with Crippen LogP contribution >= 0.6 is 0 Å². The zero-order valence-electron chi connectivity index (χ0n) is 13.8. The van der Waals surface area contributed by atoms with Crippen molar-refractivity contribution in [1.82, 2.24) is 0 Å². The summed E-state index contributed by atoms with van der Waals surface area (Å²) in [5, 5.41) is 10.0. The molecule has 0 amide bonds. The summed E-state index contributed by atoms with van der Waals surface area (Å²) in [7, 11) is -3.67. The molecular formula is C19H20N2O2S. The minimum absolute atomic E-state index is 0.125. The van der Waals surface area contributed by atoms with E-state index >= 15 is 0 Å². The van der Waals surface area contributed by atoms with Crippen LogP contribution in [0.3, 0.4) is 0 Å². The van der Waals surface area contributed by atoms with Crippen LogP contribution in [0.25, 0.3) is 6.08 Å². The Kier molecular flexibility index (Phi) is 5.78. The maximum atomic E-state index is 12.7. The molecule has 2 aromatic carbocycles. The van der Waals surface area contributed by atoms with Gasteiger partial charge in [-0.05, 0) is 37.6 Å². The van der Waals surface area contributed by atoms with Crippen molar-refractivity contribution in [2.75, 3.05) is 10.8 Å². The number of rotatable bonds is 6. The van der Waals surface area contributed by atoms with Crippen molar-refractivity contribution in [2.45, 2.75) is 20.3 Å². The molecule has 0 saturated carbocycles. The van der Waals surface area contributed by atoms with E-state index in [0.29, 0.717) is 5.69 Å². The molecule has 0 spiro atoms. The van der Waals surface area contributed by atoms with Crippen LogP contribution in [0, 0.1) is 25.2 Å². The lowest BCUT2D eigenvalue weighted by Gasteiger charge is -2.21. The van der Waals surface area contributed by atoms with Crippen LogP contribution in [-0.2, 0) is 10.0 Å². The second kappa shape index (κ2) is 7.80. The minimum Gasteiger partial charge on any atom is -0.266 e. The SMILES string of the molecule is Cc1ccc(/C=C/S(=O)(=O)N(CCC#N)c2ccc(C)cc2)cc1. The van der Waals surface area contributed by atoms with Crippen LogP contribution in [0.2, 0.25) is 0 Å². The van der Waals surface area contributed by atoms with Crippen LogP contribution in [0.15, 0.2) is 53.9 Å². The third-order valence-corrected chi connectivity index (χ3v) is 5.05. The molecule has 2 rings (SSSR count). The van der Waals surface area contributed by atoms with Gasteiger partial charge in [-0.2, -0.15) is 5.26 Å². The fourth-order valence-corrected chi connectivity index (χ4v) is 3.42. The second-order valence-electron chi connectivity index (χ2n) is 5.57. The van der Waals surface area contributed by atoms with E-state index in [1.54, 1.807) is 18.2 Å². The van der Waals surface area contributed by atoms with Gasteiger partial charge in [-0.1, -0.05) is 47.5 Å². The molecule has 0 atom stereocenters. The number of nitrogens with zero attached hydrogens (tertiary/aromatic N) is 2. The molecule has 0 aromatic heterocycles. The Bertz CT molecular complexity index is 846. The highest BCUT2D eigenvalue weighted by Gasteiger charge is 2.19. The lowest BCUT2D eigenvalue weighted by molar-refractivity contribution is 0.600. The van der Waals surface area contributed by atoms with E-state index in [1.807, 2.05) is 56.3 Å². The monoisotopic (exact) mass is 340 g/mol. The number of hydrogen-bond acceptors (Lipinski definition) is 3.